The van der Waals surface area contributed by atoms with E-state index in [-0.39, 0.29) is 6.67 Å². The monoisotopic (exact) mass is 764 g/mol. The Hall–Kier alpha value is -3.59. The quantitative estimate of drug-likeness (QED) is 0.139. The van der Waals surface area contributed by atoms with Crippen LogP contribution in [0.3, 0.4) is 0 Å². The van der Waals surface area contributed by atoms with E-state index in [4.69, 9.17) is 9.72 Å². The molecular formula is C36H46BrFN10OS. The summed E-state index contributed by atoms with van der Waals surface area (Å²) in [5.74, 6) is 1.82. The van der Waals surface area contributed by atoms with Crippen molar-refractivity contribution in [1.82, 2.24) is 29.5 Å². The van der Waals surface area contributed by atoms with Gasteiger partial charge in [0.2, 0.25) is 5.95 Å². The van der Waals surface area contributed by atoms with Crippen LogP contribution in [0.25, 0.3) is 11.1 Å². The Morgan fingerprint density at radius 1 is 1.00 bits per heavy atom. The van der Waals surface area contributed by atoms with Crippen molar-refractivity contribution >= 4 is 62.4 Å². The zero-order valence-corrected chi connectivity index (χ0v) is 31.4. The van der Waals surface area contributed by atoms with Gasteiger partial charge in [0, 0.05) is 106 Å². The first-order chi connectivity index (χ1) is 24.4. The minimum atomic E-state index is -0.267. The average molecular weight is 766 g/mol. The highest BCUT2D eigenvalue weighted by Crippen LogP contribution is 2.43. The van der Waals surface area contributed by atoms with Crippen molar-refractivity contribution in [3.8, 4) is 16.9 Å². The molecular weight excluding hydrogens is 719 g/mol. The number of benzene rings is 2. The van der Waals surface area contributed by atoms with Crippen LogP contribution in [0.2, 0.25) is 0 Å². The Labute approximate surface area is 306 Å². The minimum Gasteiger partial charge on any atom is -0.494 e. The number of methoxy groups -OCH3 is 1. The van der Waals surface area contributed by atoms with Crippen LogP contribution >= 0.6 is 27.9 Å². The van der Waals surface area contributed by atoms with Crippen molar-refractivity contribution in [2.24, 2.45) is 7.05 Å². The second-order valence-electron chi connectivity index (χ2n) is 13.2. The molecule has 266 valence electrons. The Morgan fingerprint density at radius 2 is 1.78 bits per heavy atom. The van der Waals surface area contributed by atoms with Gasteiger partial charge >= 0.3 is 0 Å². The molecule has 14 heteroatoms. The van der Waals surface area contributed by atoms with E-state index < -0.39 is 0 Å². The van der Waals surface area contributed by atoms with Gasteiger partial charge < -0.3 is 24.6 Å². The number of nitrogens with one attached hydrogen (secondary N) is 2. The van der Waals surface area contributed by atoms with Gasteiger partial charge in [0.05, 0.1) is 34.8 Å². The van der Waals surface area contributed by atoms with Crippen molar-refractivity contribution in [3.05, 3.63) is 59.5 Å². The maximum absolute atomic E-state index is 12.9. The summed E-state index contributed by atoms with van der Waals surface area (Å²) >= 11 is 5.53. The average Bonchev–Trinajstić information content (AvgIpc) is 3.85. The van der Waals surface area contributed by atoms with Gasteiger partial charge in [-0.05, 0) is 71.8 Å². The van der Waals surface area contributed by atoms with Gasteiger partial charge in [-0.3, -0.25) is 14.5 Å². The summed E-state index contributed by atoms with van der Waals surface area (Å²) in [7, 11) is 5.75. The number of piperidine rings is 1. The van der Waals surface area contributed by atoms with E-state index >= 15 is 0 Å². The zero-order valence-electron chi connectivity index (χ0n) is 29.0. The van der Waals surface area contributed by atoms with Gasteiger partial charge in [-0.2, -0.15) is 10.1 Å². The zero-order chi connectivity index (χ0) is 34.6. The lowest BCUT2D eigenvalue weighted by molar-refractivity contribution is 0.0816. The number of para-hydroxylation sites is 2. The summed E-state index contributed by atoms with van der Waals surface area (Å²) in [6.07, 6.45) is 10.4. The minimum absolute atomic E-state index is 0.267. The molecule has 2 N–H and O–H groups in total. The van der Waals surface area contributed by atoms with Crippen molar-refractivity contribution in [1.29, 1.82) is 0 Å². The standard InChI is InChI=1S/C36H46BrFN10OS/c1-44-24-25(22-40-44)28-20-31(34(49-3)21-33(28)48-13-10-26(11-14-48)47-18-16-46(15-12-38)17-19-47)42-36-39-23-29(37)35(43-36)41-30-6-4-5-7-32(30)45(2)50-27-8-9-27/h4-7,20-24,26-27H,8-19H2,1-3H3,(H2,39,41,42,43). The maximum atomic E-state index is 12.9. The van der Waals surface area contributed by atoms with Crippen LogP contribution in [-0.2, 0) is 7.05 Å². The summed E-state index contributed by atoms with van der Waals surface area (Å²) in [6, 6.07) is 13.1. The van der Waals surface area contributed by atoms with Crippen molar-refractivity contribution in [2.75, 3.05) is 86.5 Å². The van der Waals surface area contributed by atoms with Crippen molar-refractivity contribution < 1.29 is 9.13 Å². The number of aromatic nitrogens is 4. The molecule has 3 aliphatic rings. The number of aryl methyl sites for hydroxylation is 1. The molecule has 2 aromatic carbocycles. The molecule has 4 aromatic rings. The molecule has 50 heavy (non-hydrogen) atoms. The van der Waals surface area contributed by atoms with E-state index in [1.165, 1.54) is 12.8 Å². The summed E-state index contributed by atoms with van der Waals surface area (Å²) < 4.78 is 23.7. The second-order valence-corrected chi connectivity index (χ2v) is 15.5. The fraction of sp³-hybridized carbons (Fsp3) is 0.472. The number of hydrogen-bond acceptors (Lipinski definition) is 11. The predicted octanol–water partition coefficient (Wildman–Crippen LogP) is 6.94. The molecule has 7 rings (SSSR count). The Morgan fingerprint density at radius 3 is 2.48 bits per heavy atom. The summed E-state index contributed by atoms with van der Waals surface area (Å²) in [4.78, 5) is 16.8. The molecule has 2 aromatic heterocycles. The SMILES string of the molecule is COc1cc(N2CCC(N3CCN(CCF)CC3)CC2)c(-c2cnn(C)c2)cc1Nc1ncc(Br)c(Nc2ccccc2N(C)SC2CC2)n1. The smallest absolute Gasteiger partial charge is 0.229 e. The molecule has 2 aliphatic heterocycles. The first-order valence-corrected chi connectivity index (χ1v) is 19.1. The van der Waals surface area contributed by atoms with Crippen molar-refractivity contribution in [3.63, 3.8) is 0 Å². The number of piperazine rings is 1. The molecule has 0 unspecified atom stereocenters. The van der Waals surface area contributed by atoms with E-state index in [0.29, 0.717) is 35.4 Å². The fourth-order valence-electron chi connectivity index (χ4n) is 6.90. The number of rotatable bonds is 13. The Balaban J connectivity index is 1.11. The number of hydrogen-bond donors (Lipinski definition) is 2. The molecule has 0 radical (unpaired) electrons. The van der Waals surface area contributed by atoms with Gasteiger partial charge in [0.15, 0.2) is 0 Å². The first-order valence-electron chi connectivity index (χ1n) is 17.4. The van der Waals surface area contributed by atoms with Crippen LogP contribution in [0.1, 0.15) is 25.7 Å². The van der Waals surface area contributed by atoms with Gasteiger partial charge in [-0.1, -0.05) is 12.1 Å². The topological polar surface area (TPSA) is 89.8 Å². The predicted molar refractivity (Wildman–Crippen MR) is 206 cm³/mol. The normalized spacial score (nSPS) is 17.6. The molecule has 2 saturated heterocycles. The molecule has 4 heterocycles. The molecule has 11 nitrogen and oxygen atoms in total. The number of alkyl halides is 1. The highest BCUT2D eigenvalue weighted by Gasteiger charge is 2.29. The number of halogens is 2. The van der Waals surface area contributed by atoms with Gasteiger partial charge in [0.25, 0.3) is 0 Å². The molecule has 3 fully saturated rings. The molecule has 1 aliphatic carbocycles. The van der Waals surface area contributed by atoms with E-state index in [2.05, 4.69) is 93.0 Å². The Bertz CT molecular complexity index is 1760. The number of anilines is 6. The van der Waals surface area contributed by atoms with Crippen LogP contribution in [-0.4, -0.2) is 107 Å². The third kappa shape index (κ3) is 8.14. The van der Waals surface area contributed by atoms with Crippen LogP contribution < -0.4 is 24.6 Å². The van der Waals surface area contributed by atoms with E-state index in [9.17, 15) is 4.39 Å². The first kappa shape index (κ1) is 34.8. The summed E-state index contributed by atoms with van der Waals surface area (Å²) in [5.41, 5.74) is 6.06. The van der Waals surface area contributed by atoms with Crippen LogP contribution in [0.15, 0.2) is 59.5 Å². The molecule has 0 spiro atoms. The lowest BCUT2D eigenvalue weighted by atomic mass is 9.98. The number of nitrogens with zero attached hydrogens (tertiary/aromatic N) is 8. The maximum Gasteiger partial charge on any atom is 0.229 e. The summed E-state index contributed by atoms with van der Waals surface area (Å²) in [6.45, 7) is 6.09. The largest absolute Gasteiger partial charge is 0.494 e. The van der Waals surface area contributed by atoms with E-state index in [1.54, 1.807) is 13.3 Å². The molecule has 0 amide bonds. The van der Waals surface area contributed by atoms with E-state index in [1.807, 2.05) is 42.1 Å². The number of ether oxygens (including phenoxy) is 1. The van der Waals surface area contributed by atoms with Gasteiger partial charge in [-0.25, -0.2) is 9.37 Å². The third-order valence-electron chi connectivity index (χ3n) is 9.78. The van der Waals surface area contributed by atoms with Crippen LogP contribution in [0, 0.1) is 0 Å². The second kappa shape index (κ2) is 15.7. The molecule has 1 saturated carbocycles. The van der Waals surface area contributed by atoms with E-state index in [0.717, 1.165) is 90.5 Å². The lowest BCUT2D eigenvalue weighted by Crippen LogP contribution is -2.53. The molecule has 0 bridgehead atoms. The summed E-state index contributed by atoms with van der Waals surface area (Å²) in [5, 5.41) is 12.2. The van der Waals surface area contributed by atoms with Crippen LogP contribution in [0.5, 0.6) is 5.75 Å². The third-order valence-corrected chi connectivity index (χ3v) is 11.6. The van der Waals surface area contributed by atoms with Crippen LogP contribution in [0.4, 0.5) is 38.9 Å². The highest BCUT2D eigenvalue weighted by atomic mass is 79.9. The van der Waals surface area contributed by atoms with Gasteiger partial charge in [-0.15, -0.1) is 0 Å². The van der Waals surface area contributed by atoms with Crippen molar-refractivity contribution in [2.45, 2.75) is 37.0 Å². The molecule has 0 atom stereocenters. The Kier molecular flexibility index (Phi) is 11.0. The fourth-order valence-corrected chi connectivity index (χ4v) is 8.26. The van der Waals surface area contributed by atoms with Gasteiger partial charge in [0.1, 0.15) is 18.2 Å². The highest BCUT2D eigenvalue weighted by molar-refractivity contribution is 9.10. The lowest BCUT2D eigenvalue weighted by Gasteiger charge is -2.43.